The number of carbonyl (C=O) groups excluding carboxylic acids is 1. The molecule has 0 spiro atoms. The molecule has 0 saturated heterocycles. The molecule has 0 bridgehead atoms. The topological polar surface area (TPSA) is 97.6 Å². The van der Waals surface area contributed by atoms with E-state index < -0.39 is 0 Å². The number of rotatable bonds is 6. The Morgan fingerprint density at radius 3 is 2.75 bits per heavy atom. The van der Waals surface area contributed by atoms with Gasteiger partial charge in [-0.3, -0.25) is 4.79 Å². The number of anilines is 1. The first-order chi connectivity index (χ1) is 9.70. The Kier molecular flexibility index (Phi) is 4.59. The molecule has 0 aliphatic heterocycles. The van der Waals surface area contributed by atoms with Crippen molar-refractivity contribution >= 4 is 11.7 Å². The lowest BCUT2D eigenvalue weighted by Gasteiger charge is -2.05. The van der Waals surface area contributed by atoms with Crippen LogP contribution in [0.25, 0.3) is 0 Å². The van der Waals surface area contributed by atoms with Crippen molar-refractivity contribution in [2.45, 2.75) is 19.9 Å². The molecule has 0 radical (unpaired) electrons. The molecule has 0 aliphatic carbocycles. The van der Waals surface area contributed by atoms with E-state index in [2.05, 4.69) is 38.0 Å². The molecule has 0 unspecified atom stereocenters. The van der Waals surface area contributed by atoms with E-state index >= 15 is 0 Å². The minimum absolute atomic E-state index is 0.272. The van der Waals surface area contributed by atoms with Gasteiger partial charge in [-0.2, -0.15) is 0 Å². The minimum Gasteiger partial charge on any atom is -0.369 e. The van der Waals surface area contributed by atoms with Crippen molar-refractivity contribution in [2.24, 2.45) is 7.05 Å². The van der Waals surface area contributed by atoms with Crippen LogP contribution < -0.4 is 10.6 Å². The lowest BCUT2D eigenvalue weighted by molar-refractivity contribution is 0.0943. The zero-order valence-electron chi connectivity index (χ0n) is 11.5. The van der Waals surface area contributed by atoms with Crippen molar-refractivity contribution in [3.05, 3.63) is 30.0 Å². The van der Waals surface area contributed by atoms with E-state index in [9.17, 15) is 4.79 Å². The Morgan fingerprint density at radius 1 is 1.30 bits per heavy atom. The van der Waals surface area contributed by atoms with Crippen molar-refractivity contribution in [2.75, 3.05) is 11.9 Å². The van der Waals surface area contributed by atoms with Gasteiger partial charge in [-0.1, -0.05) is 6.92 Å². The number of aromatic nitrogens is 5. The summed E-state index contributed by atoms with van der Waals surface area (Å²) in [7, 11) is 1.81. The fourth-order valence-electron chi connectivity index (χ4n) is 1.52. The van der Waals surface area contributed by atoms with Crippen molar-refractivity contribution in [1.82, 2.24) is 30.3 Å². The summed E-state index contributed by atoms with van der Waals surface area (Å²) in [6, 6.07) is 3.37. The molecule has 0 aliphatic rings. The molecule has 20 heavy (non-hydrogen) atoms. The van der Waals surface area contributed by atoms with Gasteiger partial charge in [0.2, 0.25) is 0 Å². The molecular formula is C12H17N7O. The minimum atomic E-state index is -0.289. The highest BCUT2D eigenvalue weighted by Gasteiger charge is 2.09. The number of amides is 1. The Labute approximate surface area is 116 Å². The van der Waals surface area contributed by atoms with Gasteiger partial charge in [-0.25, -0.2) is 0 Å². The van der Waals surface area contributed by atoms with Crippen LogP contribution in [0.3, 0.4) is 0 Å². The number of nitrogens with zero attached hydrogens (tertiary/aromatic N) is 5. The van der Waals surface area contributed by atoms with Gasteiger partial charge in [-0.15, -0.1) is 20.4 Å². The fourth-order valence-corrected chi connectivity index (χ4v) is 1.52. The molecule has 0 atom stereocenters. The van der Waals surface area contributed by atoms with Crippen LogP contribution in [0.4, 0.5) is 5.82 Å². The number of aryl methyl sites for hydroxylation is 1. The first-order valence-corrected chi connectivity index (χ1v) is 6.39. The SMILES string of the molecule is CCCNc1ccc(C(=O)NCc2nncn2C)nn1. The number of nitrogens with one attached hydrogen (secondary N) is 2. The summed E-state index contributed by atoms with van der Waals surface area (Å²) in [5.74, 6) is 1.05. The van der Waals surface area contributed by atoms with E-state index in [0.29, 0.717) is 18.2 Å². The summed E-state index contributed by atoms with van der Waals surface area (Å²) in [6.07, 6.45) is 2.58. The Bertz CT molecular complexity index is 563. The number of carbonyl (C=O) groups is 1. The maximum absolute atomic E-state index is 11.9. The van der Waals surface area contributed by atoms with E-state index in [0.717, 1.165) is 13.0 Å². The van der Waals surface area contributed by atoms with E-state index in [4.69, 9.17) is 0 Å². The first-order valence-electron chi connectivity index (χ1n) is 6.39. The van der Waals surface area contributed by atoms with E-state index in [1.54, 1.807) is 23.0 Å². The van der Waals surface area contributed by atoms with Crippen LogP contribution in [-0.4, -0.2) is 37.4 Å². The molecule has 106 valence electrons. The highest BCUT2D eigenvalue weighted by molar-refractivity contribution is 5.92. The molecule has 8 nitrogen and oxygen atoms in total. The lowest BCUT2D eigenvalue weighted by atomic mass is 10.3. The molecule has 2 heterocycles. The van der Waals surface area contributed by atoms with Gasteiger partial charge in [0.15, 0.2) is 11.5 Å². The zero-order chi connectivity index (χ0) is 14.4. The van der Waals surface area contributed by atoms with Gasteiger partial charge < -0.3 is 15.2 Å². The first kappa shape index (κ1) is 13.9. The molecular weight excluding hydrogens is 258 g/mol. The van der Waals surface area contributed by atoms with E-state index in [1.807, 2.05) is 7.05 Å². The van der Waals surface area contributed by atoms with Crippen LogP contribution in [0.15, 0.2) is 18.5 Å². The van der Waals surface area contributed by atoms with E-state index in [1.165, 1.54) is 0 Å². The third kappa shape index (κ3) is 3.50. The van der Waals surface area contributed by atoms with Crippen molar-refractivity contribution in [3.8, 4) is 0 Å². The van der Waals surface area contributed by atoms with Gasteiger partial charge in [0.1, 0.15) is 12.1 Å². The van der Waals surface area contributed by atoms with Gasteiger partial charge in [0, 0.05) is 13.6 Å². The van der Waals surface area contributed by atoms with Crippen LogP contribution in [0.5, 0.6) is 0 Å². The summed E-state index contributed by atoms with van der Waals surface area (Å²) < 4.78 is 1.74. The summed E-state index contributed by atoms with van der Waals surface area (Å²) in [6.45, 7) is 3.19. The molecule has 0 aromatic carbocycles. The van der Waals surface area contributed by atoms with Gasteiger partial charge in [0.05, 0.1) is 6.54 Å². The van der Waals surface area contributed by atoms with Crippen LogP contribution in [-0.2, 0) is 13.6 Å². The normalized spacial score (nSPS) is 10.3. The maximum atomic E-state index is 11.9. The van der Waals surface area contributed by atoms with Crippen LogP contribution >= 0.6 is 0 Å². The quantitative estimate of drug-likeness (QED) is 0.790. The summed E-state index contributed by atoms with van der Waals surface area (Å²) in [5.41, 5.74) is 0.272. The Hall–Kier alpha value is -2.51. The van der Waals surface area contributed by atoms with Crippen molar-refractivity contribution in [3.63, 3.8) is 0 Å². The molecule has 1 amide bonds. The molecule has 0 fully saturated rings. The van der Waals surface area contributed by atoms with Crippen LogP contribution in [0.2, 0.25) is 0 Å². The molecule has 2 N–H and O–H groups in total. The second kappa shape index (κ2) is 6.60. The van der Waals surface area contributed by atoms with Crippen molar-refractivity contribution in [1.29, 1.82) is 0 Å². The smallest absolute Gasteiger partial charge is 0.272 e. The zero-order valence-corrected chi connectivity index (χ0v) is 11.5. The third-order valence-electron chi connectivity index (χ3n) is 2.67. The van der Waals surface area contributed by atoms with Crippen LogP contribution in [0.1, 0.15) is 29.7 Å². The molecule has 2 aromatic rings. The second-order valence-electron chi connectivity index (χ2n) is 4.27. The summed E-state index contributed by atoms with van der Waals surface area (Å²) >= 11 is 0. The average molecular weight is 275 g/mol. The second-order valence-corrected chi connectivity index (χ2v) is 4.27. The Balaban J connectivity index is 1.90. The Morgan fingerprint density at radius 2 is 2.15 bits per heavy atom. The predicted molar refractivity (Wildman–Crippen MR) is 73.0 cm³/mol. The predicted octanol–water partition coefficient (Wildman–Crippen LogP) is 0.357. The fraction of sp³-hybridized carbons (Fsp3) is 0.417. The standard InChI is InChI=1S/C12H17N7O/c1-3-6-13-10-5-4-9(16-17-10)12(20)14-7-11-18-15-8-19(11)2/h4-5,8H,3,6-7H2,1-2H3,(H,13,17)(H,14,20). The maximum Gasteiger partial charge on any atom is 0.272 e. The molecule has 8 heteroatoms. The van der Waals surface area contributed by atoms with Gasteiger partial charge >= 0.3 is 0 Å². The molecule has 0 saturated carbocycles. The van der Waals surface area contributed by atoms with E-state index in [-0.39, 0.29) is 11.6 Å². The monoisotopic (exact) mass is 275 g/mol. The summed E-state index contributed by atoms with van der Waals surface area (Å²) in [5, 5.41) is 21.3. The number of hydrogen-bond donors (Lipinski definition) is 2. The highest BCUT2D eigenvalue weighted by Crippen LogP contribution is 2.02. The molecule has 2 aromatic heterocycles. The highest BCUT2D eigenvalue weighted by atomic mass is 16.1. The average Bonchev–Trinajstić information content (AvgIpc) is 2.88. The van der Waals surface area contributed by atoms with Gasteiger partial charge in [-0.05, 0) is 18.6 Å². The number of hydrogen-bond acceptors (Lipinski definition) is 6. The van der Waals surface area contributed by atoms with Crippen molar-refractivity contribution < 1.29 is 4.79 Å². The van der Waals surface area contributed by atoms with Gasteiger partial charge in [0.25, 0.3) is 5.91 Å². The third-order valence-corrected chi connectivity index (χ3v) is 2.67. The summed E-state index contributed by atoms with van der Waals surface area (Å²) in [4.78, 5) is 11.9. The molecule has 2 rings (SSSR count). The lowest BCUT2D eigenvalue weighted by Crippen LogP contribution is -2.25. The van der Waals surface area contributed by atoms with Crippen LogP contribution in [0, 0.1) is 0 Å². The largest absolute Gasteiger partial charge is 0.369 e.